The molecule has 0 saturated carbocycles. The highest BCUT2D eigenvalue weighted by Gasteiger charge is 2.39. The predicted octanol–water partition coefficient (Wildman–Crippen LogP) is 1.49. The van der Waals surface area contributed by atoms with Crippen molar-refractivity contribution < 1.29 is 28.9 Å². The first kappa shape index (κ1) is 42.1. The van der Waals surface area contributed by atoms with E-state index in [1.54, 1.807) is 26.1 Å². The number of hydrogen-bond donors (Lipinski definition) is 5. The van der Waals surface area contributed by atoms with Gasteiger partial charge in [0.25, 0.3) is 5.69 Å². The number of carbonyl (C=O) groups excluding carboxylic acids is 5. The van der Waals surface area contributed by atoms with Gasteiger partial charge < -0.3 is 36.4 Å². The third-order valence-corrected chi connectivity index (χ3v) is 9.18. The summed E-state index contributed by atoms with van der Waals surface area (Å²) in [5.74, 6) is -2.04. The summed E-state index contributed by atoms with van der Waals surface area (Å²) in [7, 11) is 5.13. The Hall–Kier alpha value is -4.11. The topological polar surface area (TPSA) is 195 Å². The molecule has 280 valence electrons. The molecule has 15 heteroatoms. The fourth-order valence-corrected chi connectivity index (χ4v) is 5.88. The zero-order chi connectivity index (χ0) is 37.5. The van der Waals surface area contributed by atoms with Crippen LogP contribution in [0.3, 0.4) is 0 Å². The van der Waals surface area contributed by atoms with Gasteiger partial charge in [0.15, 0.2) is 0 Å². The van der Waals surface area contributed by atoms with Gasteiger partial charge in [0.05, 0.1) is 11.0 Å². The summed E-state index contributed by atoms with van der Waals surface area (Å²) in [6.45, 7) is 10.8. The fraction of sp³-hybridized carbons (Fsp3) is 0.686. The average molecular weight is 703 g/mol. The van der Waals surface area contributed by atoms with E-state index >= 15 is 0 Å². The summed E-state index contributed by atoms with van der Waals surface area (Å²) >= 11 is 0. The summed E-state index contributed by atoms with van der Waals surface area (Å²) < 4.78 is 0. The number of likely N-dealkylation sites (tertiary alicyclic amines) is 1. The molecule has 2 rings (SSSR count). The minimum absolute atomic E-state index is 0.0310. The third kappa shape index (κ3) is 13.0. The minimum atomic E-state index is -0.941. The number of non-ortho nitro benzene ring substituents is 1. The number of nitrogens with zero attached hydrogens (tertiary/aromatic N) is 3. The van der Waals surface area contributed by atoms with Crippen molar-refractivity contribution in [2.75, 3.05) is 34.2 Å². The monoisotopic (exact) mass is 702 g/mol. The van der Waals surface area contributed by atoms with Gasteiger partial charge >= 0.3 is 0 Å². The molecule has 1 saturated heterocycles. The van der Waals surface area contributed by atoms with Crippen LogP contribution in [-0.2, 0) is 30.4 Å². The van der Waals surface area contributed by atoms with Crippen LogP contribution in [0.1, 0.15) is 78.7 Å². The Labute approximate surface area is 296 Å². The number of amides is 5. The number of likely N-dealkylation sites (N-methyl/N-ethyl adjacent to an activating group) is 2. The summed E-state index contributed by atoms with van der Waals surface area (Å²) in [6, 6.07) is 2.15. The third-order valence-electron chi connectivity index (χ3n) is 9.18. The molecule has 5 N–H and O–H groups in total. The molecule has 5 atom stereocenters. The summed E-state index contributed by atoms with van der Waals surface area (Å²) in [5.41, 5.74) is 0.654. The van der Waals surface area contributed by atoms with Crippen LogP contribution in [0.5, 0.6) is 0 Å². The lowest BCUT2D eigenvalue weighted by atomic mass is 10.00. The molecule has 0 bridgehead atoms. The first-order valence-corrected chi connectivity index (χ1v) is 17.6. The number of rotatable bonds is 20. The second kappa shape index (κ2) is 20.5. The number of unbranched alkanes of at least 4 members (excludes halogenated alkanes) is 1. The van der Waals surface area contributed by atoms with Gasteiger partial charge in [-0.05, 0) is 97.8 Å². The lowest BCUT2D eigenvalue weighted by Gasteiger charge is -2.31. The van der Waals surface area contributed by atoms with Gasteiger partial charge in [-0.3, -0.25) is 34.1 Å². The Balaban J connectivity index is 2.25. The largest absolute Gasteiger partial charge is 0.357 e. The lowest BCUT2D eigenvalue weighted by Crippen LogP contribution is -2.58. The fourth-order valence-electron chi connectivity index (χ4n) is 5.88. The molecule has 0 unspecified atom stereocenters. The Kier molecular flexibility index (Phi) is 17.3. The van der Waals surface area contributed by atoms with E-state index in [1.807, 2.05) is 20.9 Å². The van der Waals surface area contributed by atoms with Crippen LogP contribution in [0.4, 0.5) is 5.69 Å². The number of hydrogen-bond acceptors (Lipinski definition) is 9. The normalized spacial score (nSPS) is 16.9. The van der Waals surface area contributed by atoms with E-state index in [4.69, 9.17) is 0 Å². The van der Waals surface area contributed by atoms with Crippen LogP contribution in [-0.4, -0.2) is 115 Å². The van der Waals surface area contributed by atoms with Gasteiger partial charge in [-0.2, -0.15) is 0 Å². The molecule has 0 radical (unpaired) electrons. The van der Waals surface area contributed by atoms with Crippen LogP contribution >= 0.6 is 0 Å². The van der Waals surface area contributed by atoms with E-state index in [9.17, 15) is 34.1 Å². The van der Waals surface area contributed by atoms with E-state index < -0.39 is 52.9 Å². The van der Waals surface area contributed by atoms with Crippen molar-refractivity contribution in [2.45, 2.75) is 116 Å². The van der Waals surface area contributed by atoms with Gasteiger partial charge in [-0.25, -0.2) is 0 Å². The zero-order valence-electron chi connectivity index (χ0n) is 30.9. The summed E-state index contributed by atoms with van der Waals surface area (Å²) in [6.07, 6.45) is 3.37. The lowest BCUT2D eigenvalue weighted by molar-refractivity contribution is -0.384. The zero-order valence-corrected chi connectivity index (χ0v) is 30.9. The molecule has 1 fully saturated rings. The highest BCUT2D eigenvalue weighted by Crippen LogP contribution is 2.21. The first-order valence-electron chi connectivity index (χ1n) is 17.6. The van der Waals surface area contributed by atoms with Gasteiger partial charge in [0.2, 0.25) is 29.5 Å². The van der Waals surface area contributed by atoms with E-state index in [0.717, 1.165) is 13.0 Å². The molecular weight excluding hydrogens is 644 g/mol. The van der Waals surface area contributed by atoms with Gasteiger partial charge in [0.1, 0.15) is 24.2 Å². The molecular formula is C35H58N8O7. The highest BCUT2D eigenvalue weighted by molar-refractivity contribution is 5.96. The molecule has 1 aromatic carbocycles. The van der Waals surface area contributed by atoms with Crippen molar-refractivity contribution in [3.63, 3.8) is 0 Å². The summed E-state index contributed by atoms with van der Waals surface area (Å²) in [4.78, 5) is 80.9. The molecule has 0 aromatic heterocycles. The van der Waals surface area contributed by atoms with E-state index in [-0.39, 0.29) is 29.8 Å². The summed E-state index contributed by atoms with van der Waals surface area (Å²) in [5, 5.41) is 25.0. The first-order chi connectivity index (χ1) is 23.6. The van der Waals surface area contributed by atoms with Crippen LogP contribution in [0.25, 0.3) is 0 Å². The number of nitrogens with one attached hydrogen (secondary N) is 5. The van der Waals surface area contributed by atoms with Crippen LogP contribution in [0.15, 0.2) is 24.3 Å². The number of nitro groups is 1. The van der Waals surface area contributed by atoms with E-state index in [0.29, 0.717) is 50.3 Å². The Morgan fingerprint density at radius 3 is 2.08 bits per heavy atom. The van der Waals surface area contributed by atoms with Crippen molar-refractivity contribution in [2.24, 2.45) is 5.92 Å². The smallest absolute Gasteiger partial charge is 0.269 e. The number of benzene rings is 1. The molecule has 50 heavy (non-hydrogen) atoms. The van der Waals surface area contributed by atoms with Crippen molar-refractivity contribution in [3.8, 4) is 0 Å². The highest BCUT2D eigenvalue weighted by atomic mass is 16.6. The second-order valence-corrected chi connectivity index (χ2v) is 13.8. The van der Waals surface area contributed by atoms with Crippen molar-refractivity contribution >= 4 is 35.2 Å². The van der Waals surface area contributed by atoms with Crippen LogP contribution < -0.4 is 26.6 Å². The average Bonchev–Trinajstić information content (AvgIpc) is 3.57. The maximum atomic E-state index is 14.1. The molecule has 0 aliphatic carbocycles. The number of nitro benzene ring substituents is 1. The van der Waals surface area contributed by atoms with E-state index in [1.165, 1.54) is 24.1 Å². The van der Waals surface area contributed by atoms with Crippen molar-refractivity contribution in [1.29, 1.82) is 0 Å². The van der Waals surface area contributed by atoms with Crippen LogP contribution in [0.2, 0.25) is 0 Å². The second-order valence-electron chi connectivity index (χ2n) is 13.8. The van der Waals surface area contributed by atoms with Gasteiger partial charge in [-0.1, -0.05) is 26.0 Å². The van der Waals surface area contributed by atoms with E-state index in [2.05, 4.69) is 45.3 Å². The Morgan fingerprint density at radius 2 is 1.52 bits per heavy atom. The molecule has 1 aliphatic rings. The Morgan fingerprint density at radius 1 is 0.900 bits per heavy atom. The quantitative estimate of drug-likeness (QED) is 0.0760. The van der Waals surface area contributed by atoms with Gasteiger partial charge in [0, 0.05) is 31.8 Å². The van der Waals surface area contributed by atoms with Crippen LogP contribution in [0, 0.1) is 16.0 Å². The minimum Gasteiger partial charge on any atom is -0.357 e. The standard InChI is InChI=1S/C35H58N8O7/c1-22(2)20-29(40-32(45)28(36-6)21-25-14-16-26(17-15-25)43(49)50)33(46)39-27(12-9-10-18-41(8)23(3)4)35(48)42-19-11-13-30(42)34(47)38-24(5)31(44)37-7/h14-17,22-24,27-30,36H,9-13,18-21H2,1-8H3,(H,37,44)(H,38,47)(H,39,46)(H,40,45)/t24-,27+,28-,29+,30+/m1/s1. The molecule has 0 spiro atoms. The predicted molar refractivity (Wildman–Crippen MR) is 191 cm³/mol. The molecule has 1 aromatic rings. The Bertz CT molecular complexity index is 1310. The SMILES string of the molecule is CNC(=O)[C@@H](C)NC(=O)[C@@H]1CCCN1C(=O)[C@H](CCCCN(C)C(C)C)NC(=O)[C@H](CC(C)C)NC(=O)[C@@H](Cc1ccc([N+](=O)[O-])cc1)NC. The number of carbonyl (C=O) groups is 5. The molecule has 15 nitrogen and oxygen atoms in total. The maximum Gasteiger partial charge on any atom is 0.269 e. The molecule has 1 heterocycles. The molecule has 5 amide bonds. The van der Waals surface area contributed by atoms with Gasteiger partial charge in [-0.15, -0.1) is 0 Å². The maximum absolute atomic E-state index is 14.1. The van der Waals surface area contributed by atoms with Crippen molar-refractivity contribution in [3.05, 3.63) is 39.9 Å². The molecule has 1 aliphatic heterocycles. The van der Waals surface area contributed by atoms with Crippen molar-refractivity contribution in [1.82, 2.24) is 36.4 Å².